The predicted molar refractivity (Wildman–Crippen MR) is 62.2 cm³/mol. The summed E-state index contributed by atoms with van der Waals surface area (Å²) in [6.45, 7) is 2.21. The van der Waals surface area contributed by atoms with Crippen molar-refractivity contribution >= 4 is 0 Å². The molecule has 1 unspecified atom stereocenters. The number of aromatic nitrogens is 1. The monoisotopic (exact) mass is 208 g/mol. The Morgan fingerprint density at radius 3 is 2.93 bits per heavy atom. The van der Waals surface area contributed by atoms with Crippen molar-refractivity contribution in [3.05, 3.63) is 23.9 Å². The fourth-order valence-electron chi connectivity index (χ4n) is 1.67. The van der Waals surface area contributed by atoms with Crippen LogP contribution in [0.25, 0.3) is 0 Å². The maximum absolute atomic E-state index is 5.10. The Morgan fingerprint density at radius 2 is 2.33 bits per heavy atom. The van der Waals surface area contributed by atoms with Crippen molar-refractivity contribution in [2.45, 2.75) is 32.2 Å². The summed E-state index contributed by atoms with van der Waals surface area (Å²) in [6, 6.07) is 4.59. The van der Waals surface area contributed by atoms with E-state index in [0.29, 0.717) is 11.9 Å². The predicted octanol–water partition coefficient (Wildman–Crippen LogP) is 2.02. The third-order valence-electron chi connectivity index (χ3n) is 2.54. The molecule has 0 aliphatic carbocycles. The van der Waals surface area contributed by atoms with E-state index in [1.54, 1.807) is 13.3 Å². The minimum atomic E-state index is 0.544. The Kier molecular flexibility index (Phi) is 5.12. The standard InChI is InChI=1S/C12H20N2O/c1-4-5-11(13-2)8-10-6-7-14-12(9-10)15-3/h6-7,9,11,13H,4-5,8H2,1-3H3. The van der Waals surface area contributed by atoms with Gasteiger partial charge in [-0.25, -0.2) is 4.98 Å². The summed E-state index contributed by atoms with van der Waals surface area (Å²) in [5.41, 5.74) is 1.27. The molecule has 0 saturated carbocycles. The zero-order valence-corrected chi connectivity index (χ0v) is 9.79. The van der Waals surface area contributed by atoms with Crippen molar-refractivity contribution in [2.24, 2.45) is 0 Å². The van der Waals surface area contributed by atoms with Gasteiger partial charge in [0, 0.05) is 18.3 Å². The minimum absolute atomic E-state index is 0.544. The third kappa shape index (κ3) is 3.88. The summed E-state index contributed by atoms with van der Waals surface area (Å²) < 4.78 is 5.10. The van der Waals surface area contributed by atoms with Crippen LogP contribution in [-0.2, 0) is 6.42 Å². The first-order chi connectivity index (χ1) is 7.30. The highest BCUT2D eigenvalue weighted by Crippen LogP contribution is 2.12. The van der Waals surface area contributed by atoms with Gasteiger partial charge in [-0.3, -0.25) is 0 Å². The van der Waals surface area contributed by atoms with Crippen molar-refractivity contribution < 1.29 is 4.74 Å². The largest absolute Gasteiger partial charge is 0.481 e. The fraction of sp³-hybridized carbons (Fsp3) is 0.583. The average Bonchev–Trinajstić information content (AvgIpc) is 2.29. The summed E-state index contributed by atoms with van der Waals surface area (Å²) in [4.78, 5) is 4.09. The number of ether oxygens (including phenoxy) is 1. The Bertz CT molecular complexity index is 289. The van der Waals surface area contributed by atoms with Crippen LogP contribution in [0.1, 0.15) is 25.3 Å². The highest BCUT2D eigenvalue weighted by molar-refractivity contribution is 5.21. The molecule has 1 rings (SSSR count). The maximum atomic E-state index is 5.10. The van der Waals surface area contributed by atoms with Crippen molar-refractivity contribution in [3.63, 3.8) is 0 Å². The molecule has 0 spiro atoms. The molecule has 1 aromatic heterocycles. The molecular formula is C12H20N2O. The number of nitrogens with one attached hydrogen (secondary N) is 1. The van der Waals surface area contributed by atoms with Gasteiger partial charge in [-0.2, -0.15) is 0 Å². The zero-order chi connectivity index (χ0) is 11.1. The quantitative estimate of drug-likeness (QED) is 0.776. The second kappa shape index (κ2) is 6.40. The lowest BCUT2D eigenvalue weighted by Gasteiger charge is -2.15. The van der Waals surface area contributed by atoms with E-state index in [9.17, 15) is 0 Å². The Balaban J connectivity index is 2.61. The third-order valence-corrected chi connectivity index (χ3v) is 2.54. The van der Waals surface area contributed by atoms with Gasteiger partial charge in [0.25, 0.3) is 0 Å². The molecule has 0 amide bonds. The van der Waals surface area contributed by atoms with Gasteiger partial charge >= 0.3 is 0 Å². The molecule has 1 heterocycles. The number of hydrogen-bond donors (Lipinski definition) is 1. The molecule has 0 saturated heterocycles. The van der Waals surface area contributed by atoms with Crippen molar-refractivity contribution in [3.8, 4) is 5.88 Å². The normalized spacial score (nSPS) is 12.5. The fourth-order valence-corrected chi connectivity index (χ4v) is 1.67. The van der Waals surface area contributed by atoms with E-state index in [4.69, 9.17) is 4.74 Å². The number of methoxy groups -OCH3 is 1. The topological polar surface area (TPSA) is 34.1 Å². The molecule has 3 nitrogen and oxygen atoms in total. The highest BCUT2D eigenvalue weighted by atomic mass is 16.5. The molecule has 15 heavy (non-hydrogen) atoms. The van der Waals surface area contributed by atoms with Crippen LogP contribution in [0.2, 0.25) is 0 Å². The van der Waals surface area contributed by atoms with E-state index in [1.807, 2.05) is 19.2 Å². The van der Waals surface area contributed by atoms with E-state index < -0.39 is 0 Å². The lowest BCUT2D eigenvalue weighted by Crippen LogP contribution is -2.27. The van der Waals surface area contributed by atoms with Crippen LogP contribution in [0.4, 0.5) is 0 Å². The summed E-state index contributed by atoms with van der Waals surface area (Å²) in [6.07, 6.45) is 5.23. The first kappa shape index (κ1) is 12.0. The first-order valence-corrected chi connectivity index (χ1v) is 5.46. The molecular weight excluding hydrogens is 188 g/mol. The van der Waals surface area contributed by atoms with Gasteiger partial charge in [0.15, 0.2) is 0 Å². The molecule has 0 bridgehead atoms. The molecule has 1 N–H and O–H groups in total. The number of rotatable bonds is 6. The van der Waals surface area contributed by atoms with Crippen LogP contribution in [-0.4, -0.2) is 25.2 Å². The minimum Gasteiger partial charge on any atom is -0.481 e. The number of pyridine rings is 1. The second-order valence-electron chi connectivity index (χ2n) is 3.68. The van der Waals surface area contributed by atoms with Crippen molar-refractivity contribution in [2.75, 3.05) is 14.2 Å². The van der Waals surface area contributed by atoms with E-state index in [2.05, 4.69) is 17.2 Å². The summed E-state index contributed by atoms with van der Waals surface area (Å²) >= 11 is 0. The van der Waals surface area contributed by atoms with Gasteiger partial charge in [-0.05, 0) is 31.5 Å². The molecule has 3 heteroatoms. The molecule has 0 radical (unpaired) electrons. The SMILES string of the molecule is CCCC(Cc1ccnc(OC)c1)NC. The molecule has 0 aliphatic heterocycles. The summed E-state index contributed by atoms with van der Waals surface area (Å²) in [7, 11) is 3.66. The van der Waals surface area contributed by atoms with Crippen molar-refractivity contribution in [1.29, 1.82) is 0 Å². The van der Waals surface area contributed by atoms with Gasteiger partial charge in [0.2, 0.25) is 5.88 Å². The van der Waals surface area contributed by atoms with E-state index in [-0.39, 0.29) is 0 Å². The van der Waals surface area contributed by atoms with Crippen LogP contribution in [0.15, 0.2) is 18.3 Å². The van der Waals surface area contributed by atoms with E-state index in [0.717, 1.165) is 6.42 Å². The highest BCUT2D eigenvalue weighted by Gasteiger charge is 2.06. The number of hydrogen-bond acceptors (Lipinski definition) is 3. The van der Waals surface area contributed by atoms with E-state index >= 15 is 0 Å². The summed E-state index contributed by atoms with van der Waals surface area (Å²) in [5, 5.41) is 3.33. The van der Waals surface area contributed by atoms with Gasteiger partial charge in [0.05, 0.1) is 7.11 Å². The Hall–Kier alpha value is -1.09. The molecule has 0 aromatic carbocycles. The van der Waals surface area contributed by atoms with Crippen LogP contribution < -0.4 is 10.1 Å². The first-order valence-electron chi connectivity index (χ1n) is 5.46. The second-order valence-corrected chi connectivity index (χ2v) is 3.68. The smallest absolute Gasteiger partial charge is 0.213 e. The van der Waals surface area contributed by atoms with Crippen LogP contribution in [0.3, 0.4) is 0 Å². The van der Waals surface area contributed by atoms with Crippen molar-refractivity contribution in [1.82, 2.24) is 10.3 Å². The van der Waals surface area contributed by atoms with Gasteiger partial charge in [0.1, 0.15) is 0 Å². The summed E-state index contributed by atoms with van der Waals surface area (Å²) in [5.74, 6) is 0.693. The van der Waals surface area contributed by atoms with Crippen LogP contribution in [0, 0.1) is 0 Å². The molecule has 1 atom stereocenters. The van der Waals surface area contributed by atoms with Crippen LogP contribution in [0.5, 0.6) is 5.88 Å². The van der Waals surface area contributed by atoms with Gasteiger partial charge in [-0.1, -0.05) is 13.3 Å². The lowest BCUT2D eigenvalue weighted by molar-refractivity contribution is 0.396. The van der Waals surface area contributed by atoms with Gasteiger partial charge in [-0.15, -0.1) is 0 Å². The Morgan fingerprint density at radius 1 is 1.53 bits per heavy atom. The van der Waals surface area contributed by atoms with Gasteiger partial charge < -0.3 is 10.1 Å². The Labute approximate surface area is 91.9 Å². The maximum Gasteiger partial charge on any atom is 0.213 e. The molecule has 0 aliphatic rings. The molecule has 84 valence electrons. The number of likely N-dealkylation sites (N-methyl/N-ethyl adjacent to an activating group) is 1. The molecule has 0 fully saturated rings. The lowest BCUT2D eigenvalue weighted by atomic mass is 10.0. The average molecular weight is 208 g/mol. The van der Waals surface area contributed by atoms with E-state index in [1.165, 1.54) is 18.4 Å². The molecule has 1 aromatic rings. The van der Waals surface area contributed by atoms with Crippen LogP contribution >= 0.6 is 0 Å². The number of nitrogens with zero attached hydrogens (tertiary/aromatic N) is 1. The zero-order valence-electron chi connectivity index (χ0n) is 9.79.